The molecule has 2 amide bonds. The zero-order valence-corrected chi connectivity index (χ0v) is 19.1. The predicted octanol–water partition coefficient (Wildman–Crippen LogP) is 2.39. The molecule has 0 atom stereocenters. The number of nitrogens with one attached hydrogen (secondary N) is 2. The van der Waals surface area contributed by atoms with Crippen LogP contribution in [0, 0.1) is 0 Å². The smallest absolute Gasteiger partial charge is 0.240 e. The first-order chi connectivity index (χ1) is 16.5. The summed E-state index contributed by atoms with van der Waals surface area (Å²) in [4.78, 5) is 24.2. The first-order valence-corrected chi connectivity index (χ1v) is 11.0. The second-order valence-electron chi connectivity index (χ2n) is 7.68. The molecule has 2 heterocycles. The van der Waals surface area contributed by atoms with Crippen LogP contribution >= 0.6 is 0 Å². The highest BCUT2D eigenvalue weighted by atomic mass is 16.6. The summed E-state index contributed by atoms with van der Waals surface area (Å²) in [5, 5.41) is 8.22. The van der Waals surface area contributed by atoms with E-state index in [4.69, 9.17) is 18.9 Å². The zero-order valence-electron chi connectivity index (χ0n) is 19.1. The molecule has 10 heteroatoms. The van der Waals surface area contributed by atoms with Crippen molar-refractivity contribution in [3.8, 4) is 23.0 Å². The maximum absolute atomic E-state index is 12.1. The lowest BCUT2D eigenvalue weighted by molar-refractivity contribution is -0.126. The number of hydrogen-bond acceptors (Lipinski definition) is 8. The maximum atomic E-state index is 12.1. The summed E-state index contributed by atoms with van der Waals surface area (Å²) in [7, 11) is 0. The van der Waals surface area contributed by atoms with E-state index in [9.17, 15) is 9.59 Å². The molecule has 0 unspecified atom stereocenters. The molecule has 0 bridgehead atoms. The van der Waals surface area contributed by atoms with Crippen LogP contribution in [0.15, 0.2) is 46.6 Å². The minimum atomic E-state index is -0.375. The number of rotatable bonds is 7. The zero-order chi connectivity index (χ0) is 23.9. The Balaban J connectivity index is 1.24. The number of benzene rings is 2. The molecule has 178 valence electrons. The van der Waals surface area contributed by atoms with Crippen LogP contribution < -0.4 is 29.8 Å². The summed E-state index contributed by atoms with van der Waals surface area (Å²) >= 11 is 0. The number of carbonyl (C=O) groups excluding carboxylic acids is 2. The van der Waals surface area contributed by atoms with Gasteiger partial charge >= 0.3 is 0 Å². The summed E-state index contributed by atoms with van der Waals surface area (Å²) < 4.78 is 22.1. The number of carbonyl (C=O) groups is 2. The van der Waals surface area contributed by atoms with Crippen LogP contribution in [-0.4, -0.2) is 49.7 Å². The first-order valence-electron chi connectivity index (χ1n) is 11.0. The van der Waals surface area contributed by atoms with Crippen molar-refractivity contribution in [1.29, 1.82) is 0 Å². The fraction of sp³-hybridized carbons (Fsp3) is 0.333. The Kier molecular flexibility index (Phi) is 7.26. The molecule has 0 aromatic heterocycles. The minimum Gasteiger partial charge on any atom is -0.486 e. The number of hydrazone groups is 2. The third-order valence-corrected chi connectivity index (χ3v) is 5.20. The largest absolute Gasteiger partial charge is 0.486 e. The van der Waals surface area contributed by atoms with Gasteiger partial charge in [0.05, 0.1) is 11.4 Å². The van der Waals surface area contributed by atoms with Gasteiger partial charge in [-0.25, -0.2) is 10.9 Å². The average Bonchev–Trinajstić information content (AvgIpc) is 2.88. The summed E-state index contributed by atoms with van der Waals surface area (Å²) in [6.45, 7) is 5.57. The van der Waals surface area contributed by atoms with Crippen LogP contribution in [0.4, 0.5) is 0 Å². The van der Waals surface area contributed by atoms with Crippen LogP contribution in [-0.2, 0) is 9.59 Å². The van der Waals surface area contributed by atoms with Crippen molar-refractivity contribution in [3.63, 3.8) is 0 Å². The molecule has 0 saturated heterocycles. The summed E-state index contributed by atoms with van der Waals surface area (Å²) in [5.74, 6) is 1.91. The van der Waals surface area contributed by atoms with Gasteiger partial charge in [-0.3, -0.25) is 9.59 Å². The molecule has 0 radical (unpaired) electrons. The average molecular weight is 466 g/mol. The molecule has 0 spiro atoms. The summed E-state index contributed by atoms with van der Waals surface area (Å²) in [6.07, 6.45) is -0.0509. The molecule has 34 heavy (non-hydrogen) atoms. The summed E-state index contributed by atoms with van der Waals surface area (Å²) in [6, 6.07) is 10.9. The van der Waals surface area contributed by atoms with Gasteiger partial charge in [0, 0.05) is 24.0 Å². The highest BCUT2D eigenvalue weighted by Gasteiger charge is 2.14. The van der Waals surface area contributed by atoms with Gasteiger partial charge in [0.2, 0.25) is 11.8 Å². The second-order valence-corrected chi connectivity index (χ2v) is 7.68. The highest BCUT2D eigenvalue weighted by molar-refractivity contribution is 6.00. The molecule has 2 aliphatic rings. The SMILES string of the molecule is C/C(=N/NC(=O)CCC(=O)N/N=C(/C)c1ccc2c(c1)OCCO2)c1ccc2c(c1)OCCO2. The van der Waals surface area contributed by atoms with Crippen molar-refractivity contribution in [1.82, 2.24) is 10.9 Å². The standard InChI is InChI=1S/C24H26N4O6/c1-15(17-3-5-19-21(13-17)33-11-9-31-19)25-27-23(29)7-8-24(30)28-26-16(2)18-4-6-20-22(14-18)34-12-10-32-20/h3-6,13-14H,7-12H2,1-2H3,(H,27,29)(H,28,30)/b25-15-,26-16-. The van der Waals surface area contributed by atoms with Gasteiger partial charge in [-0.2, -0.15) is 10.2 Å². The number of nitrogens with zero attached hydrogens (tertiary/aromatic N) is 2. The monoisotopic (exact) mass is 466 g/mol. The van der Waals surface area contributed by atoms with E-state index < -0.39 is 0 Å². The van der Waals surface area contributed by atoms with E-state index >= 15 is 0 Å². The van der Waals surface area contributed by atoms with Gasteiger partial charge < -0.3 is 18.9 Å². The highest BCUT2D eigenvalue weighted by Crippen LogP contribution is 2.31. The fourth-order valence-electron chi connectivity index (χ4n) is 3.30. The summed E-state index contributed by atoms with van der Waals surface area (Å²) in [5.41, 5.74) is 7.75. The topological polar surface area (TPSA) is 120 Å². The molecule has 0 fully saturated rings. The Morgan fingerprint density at radius 2 is 1.06 bits per heavy atom. The van der Waals surface area contributed by atoms with Gasteiger partial charge in [-0.15, -0.1) is 0 Å². The molecule has 2 aromatic rings. The maximum Gasteiger partial charge on any atom is 0.240 e. The third kappa shape index (κ3) is 5.83. The van der Waals surface area contributed by atoms with E-state index in [-0.39, 0.29) is 24.7 Å². The van der Waals surface area contributed by atoms with Crippen LogP contribution in [0.5, 0.6) is 23.0 Å². The number of amides is 2. The lowest BCUT2D eigenvalue weighted by Crippen LogP contribution is -2.24. The third-order valence-electron chi connectivity index (χ3n) is 5.20. The Labute approximate surface area is 196 Å². The van der Waals surface area contributed by atoms with Crippen molar-refractivity contribution in [2.75, 3.05) is 26.4 Å². The Morgan fingerprint density at radius 1 is 0.676 bits per heavy atom. The Hall–Kier alpha value is -4.08. The molecule has 0 aliphatic carbocycles. The van der Waals surface area contributed by atoms with E-state index in [0.717, 1.165) is 11.1 Å². The van der Waals surface area contributed by atoms with Gasteiger partial charge in [-0.1, -0.05) is 0 Å². The molecule has 2 aromatic carbocycles. The number of fused-ring (bicyclic) bond motifs is 2. The molecular formula is C24H26N4O6. The van der Waals surface area contributed by atoms with Gasteiger partial charge in [-0.05, 0) is 50.2 Å². The van der Waals surface area contributed by atoms with E-state index in [0.29, 0.717) is 60.8 Å². The Bertz CT molecular complexity index is 1050. The van der Waals surface area contributed by atoms with Crippen LogP contribution in [0.1, 0.15) is 37.8 Å². The van der Waals surface area contributed by atoms with Crippen molar-refractivity contribution >= 4 is 23.2 Å². The van der Waals surface area contributed by atoms with E-state index in [1.54, 1.807) is 13.8 Å². The normalized spacial score (nSPS) is 14.9. The lowest BCUT2D eigenvalue weighted by Gasteiger charge is -2.18. The van der Waals surface area contributed by atoms with E-state index in [1.165, 1.54) is 0 Å². The van der Waals surface area contributed by atoms with Gasteiger partial charge in [0.1, 0.15) is 26.4 Å². The first kappa shape index (κ1) is 23.1. The van der Waals surface area contributed by atoms with Crippen molar-refractivity contribution in [2.45, 2.75) is 26.7 Å². The number of hydrogen-bond donors (Lipinski definition) is 2. The van der Waals surface area contributed by atoms with Crippen molar-refractivity contribution < 1.29 is 28.5 Å². The minimum absolute atomic E-state index is 0.0255. The Morgan fingerprint density at radius 3 is 1.47 bits per heavy atom. The van der Waals surface area contributed by atoms with E-state index in [1.807, 2.05) is 36.4 Å². The van der Waals surface area contributed by atoms with Crippen LogP contribution in [0.25, 0.3) is 0 Å². The molecule has 2 aliphatic heterocycles. The second kappa shape index (κ2) is 10.7. The van der Waals surface area contributed by atoms with Crippen molar-refractivity contribution in [3.05, 3.63) is 47.5 Å². The predicted molar refractivity (Wildman–Crippen MR) is 125 cm³/mol. The quantitative estimate of drug-likeness (QED) is 0.478. The van der Waals surface area contributed by atoms with Crippen LogP contribution in [0.2, 0.25) is 0 Å². The fourth-order valence-corrected chi connectivity index (χ4v) is 3.30. The lowest BCUT2D eigenvalue weighted by atomic mass is 10.1. The van der Waals surface area contributed by atoms with Crippen molar-refractivity contribution in [2.24, 2.45) is 10.2 Å². The molecular weight excluding hydrogens is 440 g/mol. The molecule has 0 saturated carbocycles. The van der Waals surface area contributed by atoms with E-state index in [2.05, 4.69) is 21.1 Å². The molecule has 10 nitrogen and oxygen atoms in total. The molecule has 2 N–H and O–H groups in total. The molecule has 4 rings (SSSR count). The van der Waals surface area contributed by atoms with Gasteiger partial charge in [0.25, 0.3) is 0 Å². The number of ether oxygens (including phenoxy) is 4. The van der Waals surface area contributed by atoms with Gasteiger partial charge in [0.15, 0.2) is 23.0 Å². The van der Waals surface area contributed by atoms with Crippen LogP contribution in [0.3, 0.4) is 0 Å².